The SMILES string of the molecule is CC(=O)O[C@H]1C(=O)[C@@]2(C)[C@H]([C@H](OC(=O)c3ccccc3)[C@]3(O)CCC(C)=C1C3(C)OC(=O)[C@H](O)[C@@H](NC(=O)c1ccccc1)c1ccccc1)[C@]1(OC(C)=O)CO[C@@H]1C[C@@H]2O. The number of fused-ring (bicyclic) bond motifs is 5. The number of esters is 4. The molecule has 1 saturated heterocycles. The van der Waals surface area contributed by atoms with Crippen molar-refractivity contribution < 1.29 is 67.8 Å². The lowest BCUT2D eigenvalue weighted by Crippen LogP contribution is -2.83. The maximum absolute atomic E-state index is 15.5. The van der Waals surface area contributed by atoms with Crippen LogP contribution >= 0.6 is 0 Å². The molecule has 3 aliphatic carbocycles. The Morgan fingerprint density at radius 3 is 1.98 bits per heavy atom. The first-order chi connectivity index (χ1) is 28.9. The van der Waals surface area contributed by atoms with Gasteiger partial charge in [-0.15, -0.1) is 0 Å². The zero-order valence-corrected chi connectivity index (χ0v) is 34.4. The number of allylic oxidation sites excluding steroid dienone is 1. The van der Waals surface area contributed by atoms with Gasteiger partial charge in [0.05, 0.1) is 35.6 Å². The number of aliphatic hydroxyl groups is 3. The molecule has 0 aromatic heterocycles. The van der Waals surface area contributed by atoms with E-state index in [4.69, 9.17) is 23.7 Å². The summed E-state index contributed by atoms with van der Waals surface area (Å²) in [4.78, 5) is 84.0. The maximum Gasteiger partial charge on any atom is 0.338 e. The summed E-state index contributed by atoms with van der Waals surface area (Å²) in [6.45, 7) is 6.07. The topological polar surface area (TPSA) is 221 Å². The van der Waals surface area contributed by atoms with E-state index in [9.17, 15) is 39.3 Å². The zero-order chi connectivity index (χ0) is 44.1. The molecular formula is C46H49NO14. The fraction of sp³-hybridized carbons (Fsp3) is 0.435. The number of Topliss-reactive ketones (excluding diaryl/α,β-unsaturated/α-hetero) is 1. The molecule has 1 unspecified atom stereocenters. The minimum Gasteiger partial charge on any atom is -0.455 e. The molecular weight excluding hydrogens is 790 g/mol. The Kier molecular flexibility index (Phi) is 11.6. The van der Waals surface area contributed by atoms with Gasteiger partial charge in [0.25, 0.3) is 5.91 Å². The normalized spacial score (nSPS) is 32.5. The molecule has 3 fully saturated rings. The van der Waals surface area contributed by atoms with Crippen LogP contribution in [0.1, 0.15) is 86.2 Å². The van der Waals surface area contributed by atoms with Crippen molar-refractivity contribution in [1.29, 1.82) is 0 Å². The van der Waals surface area contributed by atoms with Crippen LogP contribution in [0, 0.1) is 11.3 Å². The summed E-state index contributed by atoms with van der Waals surface area (Å²) in [5.74, 6) is -7.29. The number of aliphatic hydroxyl groups excluding tert-OH is 2. The maximum atomic E-state index is 15.5. The van der Waals surface area contributed by atoms with E-state index in [1.54, 1.807) is 85.8 Å². The molecule has 4 N–H and O–H groups in total. The van der Waals surface area contributed by atoms with Crippen LogP contribution in [0.2, 0.25) is 0 Å². The summed E-state index contributed by atoms with van der Waals surface area (Å²) < 4.78 is 30.4. The molecule has 11 atom stereocenters. The van der Waals surface area contributed by atoms with E-state index in [1.165, 1.54) is 26.0 Å². The van der Waals surface area contributed by atoms with E-state index in [0.717, 1.165) is 13.8 Å². The average Bonchev–Trinajstić information content (AvgIpc) is 3.23. The second-order valence-corrected chi connectivity index (χ2v) is 16.7. The number of benzene rings is 3. The second-order valence-electron chi connectivity index (χ2n) is 16.7. The van der Waals surface area contributed by atoms with Crippen molar-refractivity contribution in [2.75, 3.05) is 6.61 Å². The minimum absolute atomic E-state index is 0.0157. The van der Waals surface area contributed by atoms with Crippen molar-refractivity contribution in [3.05, 3.63) is 119 Å². The first kappa shape index (κ1) is 43.4. The lowest BCUT2D eigenvalue weighted by atomic mass is 9.46. The van der Waals surface area contributed by atoms with Gasteiger partial charge in [-0.1, -0.05) is 72.3 Å². The number of hydrogen-bond acceptors (Lipinski definition) is 14. The van der Waals surface area contributed by atoms with Crippen molar-refractivity contribution in [1.82, 2.24) is 5.32 Å². The third kappa shape index (κ3) is 7.22. The summed E-state index contributed by atoms with van der Waals surface area (Å²) in [7, 11) is 0. The van der Waals surface area contributed by atoms with Gasteiger partial charge in [0.2, 0.25) is 0 Å². The molecule has 1 aliphatic heterocycles. The number of amides is 1. The van der Waals surface area contributed by atoms with Crippen LogP contribution in [0.25, 0.3) is 0 Å². The smallest absolute Gasteiger partial charge is 0.338 e. The van der Waals surface area contributed by atoms with Gasteiger partial charge in [-0.25, -0.2) is 9.59 Å². The minimum atomic E-state index is -2.59. The van der Waals surface area contributed by atoms with Gasteiger partial charge < -0.3 is 44.3 Å². The molecule has 15 heteroatoms. The van der Waals surface area contributed by atoms with Crippen LogP contribution < -0.4 is 5.32 Å². The monoisotopic (exact) mass is 839 g/mol. The molecule has 0 spiro atoms. The van der Waals surface area contributed by atoms with Crippen molar-refractivity contribution in [2.24, 2.45) is 11.3 Å². The largest absolute Gasteiger partial charge is 0.455 e. The van der Waals surface area contributed by atoms with Gasteiger partial charge in [-0.3, -0.25) is 19.2 Å². The third-order valence-electron chi connectivity index (χ3n) is 13.0. The second kappa shape index (κ2) is 16.3. The van der Waals surface area contributed by atoms with E-state index >= 15 is 4.79 Å². The van der Waals surface area contributed by atoms with Gasteiger partial charge in [-0.2, -0.15) is 0 Å². The van der Waals surface area contributed by atoms with E-state index in [1.807, 2.05) is 0 Å². The number of carbonyl (C=O) groups excluding carboxylic acids is 6. The Hall–Kier alpha value is -5.74. The summed E-state index contributed by atoms with van der Waals surface area (Å²) in [6.07, 6.45) is -9.27. The first-order valence-corrected chi connectivity index (χ1v) is 20.1. The van der Waals surface area contributed by atoms with Crippen LogP contribution in [0.3, 0.4) is 0 Å². The van der Waals surface area contributed by atoms with Gasteiger partial charge in [-0.05, 0) is 63.4 Å². The van der Waals surface area contributed by atoms with Gasteiger partial charge in [0.1, 0.15) is 17.8 Å². The highest BCUT2D eigenvalue weighted by molar-refractivity contribution is 5.96. The lowest BCUT2D eigenvalue weighted by Gasteiger charge is -2.67. The lowest BCUT2D eigenvalue weighted by molar-refractivity contribution is -0.348. The highest BCUT2D eigenvalue weighted by Crippen LogP contribution is 2.63. The molecule has 3 aromatic rings. The summed E-state index contributed by atoms with van der Waals surface area (Å²) in [5.41, 5.74) is -8.26. The predicted molar refractivity (Wildman–Crippen MR) is 213 cm³/mol. The molecule has 61 heavy (non-hydrogen) atoms. The van der Waals surface area contributed by atoms with E-state index in [-0.39, 0.29) is 42.6 Å². The van der Waals surface area contributed by atoms with Crippen molar-refractivity contribution >= 4 is 35.6 Å². The molecule has 4 aliphatic rings. The Balaban J connectivity index is 1.43. The number of carbonyl (C=O) groups is 6. The third-order valence-corrected chi connectivity index (χ3v) is 13.0. The fourth-order valence-corrected chi connectivity index (χ4v) is 9.93. The van der Waals surface area contributed by atoms with Crippen LogP contribution in [0.5, 0.6) is 0 Å². The Labute approximate surface area is 352 Å². The van der Waals surface area contributed by atoms with Gasteiger partial charge >= 0.3 is 23.9 Å². The average molecular weight is 840 g/mol. The molecule has 2 saturated carbocycles. The van der Waals surface area contributed by atoms with Crippen LogP contribution in [0.4, 0.5) is 0 Å². The Bertz CT molecular complexity index is 2250. The number of hydrogen-bond donors (Lipinski definition) is 4. The van der Waals surface area contributed by atoms with E-state index in [2.05, 4.69) is 5.32 Å². The number of nitrogens with one attached hydrogen (secondary N) is 1. The predicted octanol–water partition coefficient (Wildman–Crippen LogP) is 3.49. The van der Waals surface area contributed by atoms with Crippen molar-refractivity contribution in [2.45, 2.75) is 107 Å². The number of rotatable bonds is 10. The Morgan fingerprint density at radius 1 is 0.836 bits per heavy atom. The first-order valence-electron chi connectivity index (χ1n) is 20.1. The molecule has 15 nitrogen and oxygen atoms in total. The fourth-order valence-electron chi connectivity index (χ4n) is 9.93. The summed E-state index contributed by atoms with van der Waals surface area (Å²) in [5, 5.41) is 40.4. The molecule has 0 radical (unpaired) electrons. The summed E-state index contributed by atoms with van der Waals surface area (Å²) >= 11 is 0. The number of ether oxygens (including phenoxy) is 5. The molecule has 7 rings (SSSR count). The molecule has 1 heterocycles. The highest BCUT2D eigenvalue weighted by atomic mass is 16.6. The van der Waals surface area contributed by atoms with Crippen LogP contribution in [-0.4, -0.2) is 105 Å². The van der Waals surface area contributed by atoms with Gasteiger partial charge in [0, 0.05) is 31.4 Å². The van der Waals surface area contributed by atoms with Crippen molar-refractivity contribution in [3.8, 4) is 0 Å². The standard InChI is InChI=1S/C46H49NO14/c1-25-21-22-46(56)39(59-41(54)30-19-13-8-14-20-30)37-43(4,31(50)23-32-45(37,24-57-32)60-27(3)49)38(52)36(58-26(2)48)33(25)44(46,5)61-42(55)35(51)34(28-15-9-6-10-16-28)47-40(53)29-17-11-7-12-18-29/h6-20,31-32,34-37,39,50-51,56H,21-24H2,1-5H3,(H,47,53)/t31-,32+,34-,35+,36+,37-,39-,43+,44?,45-,46+/m0/s1. The summed E-state index contributed by atoms with van der Waals surface area (Å²) in [6, 6.07) is 22.5. The molecule has 1 amide bonds. The molecule has 322 valence electrons. The number of ketones is 1. The van der Waals surface area contributed by atoms with Crippen LogP contribution in [-0.2, 0) is 42.9 Å². The van der Waals surface area contributed by atoms with Gasteiger partial charge in [0.15, 0.2) is 29.2 Å². The molecule has 2 bridgehead atoms. The molecule has 3 aromatic carbocycles. The van der Waals surface area contributed by atoms with E-state index in [0.29, 0.717) is 11.1 Å². The van der Waals surface area contributed by atoms with Crippen molar-refractivity contribution in [3.63, 3.8) is 0 Å². The Morgan fingerprint density at radius 2 is 1.43 bits per heavy atom. The van der Waals surface area contributed by atoms with Crippen LogP contribution in [0.15, 0.2) is 102 Å². The highest BCUT2D eigenvalue weighted by Gasteiger charge is 2.79. The quantitative estimate of drug-likeness (QED) is 0.131. The van der Waals surface area contributed by atoms with E-state index < -0.39 is 100 Å². The zero-order valence-electron chi connectivity index (χ0n) is 34.4.